The number of rotatable bonds is 6. The van der Waals surface area contributed by atoms with Gasteiger partial charge in [0.05, 0.1) is 0 Å². The number of hydroxylamine groups is 1. The van der Waals surface area contributed by atoms with Crippen molar-refractivity contribution in [3.63, 3.8) is 0 Å². The van der Waals surface area contributed by atoms with Crippen LogP contribution in [0.4, 0.5) is 0 Å². The van der Waals surface area contributed by atoms with Crippen molar-refractivity contribution in [1.29, 1.82) is 0 Å². The van der Waals surface area contributed by atoms with Crippen molar-refractivity contribution in [2.24, 2.45) is 5.73 Å². The second-order valence-electron chi connectivity index (χ2n) is 3.14. The quantitative estimate of drug-likeness (QED) is 0.638. The number of pyridine rings is 1. The van der Waals surface area contributed by atoms with E-state index in [1.807, 2.05) is 6.07 Å². The van der Waals surface area contributed by atoms with Gasteiger partial charge in [-0.05, 0) is 18.1 Å². The standard InChI is InChI=1S/C10H13N3O3/c11-9(14)7-16-13-10(15)4-3-8-2-1-5-12-6-8/h1-2,5-6H,3-4,7H2,(H2,11,14)(H,13,15). The minimum atomic E-state index is -0.632. The van der Waals surface area contributed by atoms with Crippen molar-refractivity contribution in [3.8, 4) is 0 Å². The Kier molecular flexibility index (Phi) is 4.94. The summed E-state index contributed by atoms with van der Waals surface area (Å²) in [6, 6.07) is 3.68. The number of hydrogen-bond acceptors (Lipinski definition) is 4. The van der Waals surface area contributed by atoms with E-state index in [0.717, 1.165) is 5.56 Å². The lowest BCUT2D eigenvalue weighted by Gasteiger charge is -2.03. The summed E-state index contributed by atoms with van der Waals surface area (Å²) in [5.41, 5.74) is 7.91. The van der Waals surface area contributed by atoms with Crippen molar-refractivity contribution >= 4 is 11.8 Å². The summed E-state index contributed by atoms with van der Waals surface area (Å²) >= 11 is 0. The lowest BCUT2D eigenvalue weighted by atomic mass is 10.1. The predicted molar refractivity (Wildman–Crippen MR) is 55.8 cm³/mol. The highest BCUT2D eigenvalue weighted by atomic mass is 16.7. The second-order valence-corrected chi connectivity index (χ2v) is 3.14. The number of primary amides is 1. The molecule has 0 aliphatic heterocycles. The Hall–Kier alpha value is -1.95. The Balaban J connectivity index is 2.18. The molecule has 0 spiro atoms. The normalized spacial score (nSPS) is 9.75. The van der Waals surface area contributed by atoms with E-state index in [0.29, 0.717) is 6.42 Å². The Labute approximate surface area is 92.8 Å². The van der Waals surface area contributed by atoms with Crippen LogP contribution in [0.2, 0.25) is 0 Å². The largest absolute Gasteiger partial charge is 0.368 e. The molecule has 0 aliphatic rings. The average Bonchev–Trinajstić information content (AvgIpc) is 2.27. The van der Waals surface area contributed by atoms with Crippen LogP contribution in [-0.2, 0) is 20.8 Å². The van der Waals surface area contributed by atoms with Gasteiger partial charge in [0.15, 0.2) is 6.61 Å². The van der Waals surface area contributed by atoms with Gasteiger partial charge < -0.3 is 5.73 Å². The van der Waals surface area contributed by atoms with E-state index in [-0.39, 0.29) is 18.9 Å². The lowest BCUT2D eigenvalue weighted by molar-refractivity contribution is -0.137. The number of carbonyl (C=O) groups excluding carboxylic acids is 2. The molecule has 1 heterocycles. The van der Waals surface area contributed by atoms with E-state index in [2.05, 4.69) is 15.3 Å². The van der Waals surface area contributed by atoms with Gasteiger partial charge in [-0.15, -0.1) is 0 Å². The number of nitrogens with one attached hydrogen (secondary N) is 1. The molecule has 86 valence electrons. The first-order valence-corrected chi connectivity index (χ1v) is 4.76. The number of aromatic nitrogens is 1. The first-order valence-electron chi connectivity index (χ1n) is 4.76. The number of nitrogens with two attached hydrogens (primary N) is 1. The lowest BCUT2D eigenvalue weighted by Crippen LogP contribution is -2.29. The van der Waals surface area contributed by atoms with E-state index < -0.39 is 5.91 Å². The fraction of sp³-hybridized carbons (Fsp3) is 0.300. The van der Waals surface area contributed by atoms with E-state index in [4.69, 9.17) is 5.73 Å². The smallest absolute Gasteiger partial charge is 0.246 e. The zero-order valence-corrected chi connectivity index (χ0v) is 8.68. The third kappa shape index (κ3) is 5.06. The van der Waals surface area contributed by atoms with Crippen molar-refractivity contribution in [2.45, 2.75) is 12.8 Å². The minimum absolute atomic E-state index is 0.268. The summed E-state index contributed by atoms with van der Waals surface area (Å²) < 4.78 is 0. The summed E-state index contributed by atoms with van der Waals surface area (Å²) in [7, 11) is 0. The van der Waals surface area contributed by atoms with Crippen LogP contribution in [-0.4, -0.2) is 23.4 Å². The predicted octanol–water partition coefficient (Wildman–Crippen LogP) is -0.453. The minimum Gasteiger partial charge on any atom is -0.368 e. The molecule has 6 nitrogen and oxygen atoms in total. The molecule has 0 atom stereocenters. The number of carbonyl (C=O) groups is 2. The molecule has 0 saturated carbocycles. The highest BCUT2D eigenvalue weighted by Gasteiger charge is 2.03. The van der Waals surface area contributed by atoms with Crippen LogP contribution in [0.5, 0.6) is 0 Å². The van der Waals surface area contributed by atoms with Crippen LogP contribution in [0.3, 0.4) is 0 Å². The van der Waals surface area contributed by atoms with Gasteiger partial charge in [-0.2, -0.15) is 0 Å². The molecule has 0 radical (unpaired) electrons. The highest BCUT2D eigenvalue weighted by Crippen LogP contribution is 1.99. The van der Waals surface area contributed by atoms with Gasteiger partial charge in [0.2, 0.25) is 11.8 Å². The molecule has 0 fully saturated rings. The first kappa shape index (κ1) is 12.1. The zero-order valence-electron chi connectivity index (χ0n) is 8.68. The van der Waals surface area contributed by atoms with Crippen molar-refractivity contribution in [2.75, 3.05) is 6.61 Å². The molecular formula is C10H13N3O3. The van der Waals surface area contributed by atoms with Gasteiger partial charge in [-0.1, -0.05) is 6.07 Å². The molecule has 1 aromatic rings. The first-order chi connectivity index (χ1) is 7.68. The van der Waals surface area contributed by atoms with E-state index >= 15 is 0 Å². The van der Waals surface area contributed by atoms with Crippen LogP contribution in [0.1, 0.15) is 12.0 Å². The number of hydrogen-bond donors (Lipinski definition) is 2. The average molecular weight is 223 g/mol. The maximum absolute atomic E-state index is 11.2. The van der Waals surface area contributed by atoms with E-state index in [9.17, 15) is 9.59 Å². The molecule has 3 N–H and O–H groups in total. The van der Waals surface area contributed by atoms with E-state index in [1.54, 1.807) is 18.5 Å². The molecular weight excluding hydrogens is 210 g/mol. The van der Waals surface area contributed by atoms with Crippen LogP contribution in [0.15, 0.2) is 24.5 Å². The zero-order chi connectivity index (χ0) is 11.8. The third-order valence-corrected chi connectivity index (χ3v) is 1.76. The SMILES string of the molecule is NC(=O)CONC(=O)CCc1cccnc1. The monoisotopic (exact) mass is 223 g/mol. The van der Waals surface area contributed by atoms with Gasteiger partial charge in [-0.25, -0.2) is 5.48 Å². The summed E-state index contributed by atoms with van der Waals surface area (Å²) in [5, 5.41) is 0. The summed E-state index contributed by atoms with van der Waals surface area (Å²) in [5.74, 6) is -0.933. The number of amides is 2. The Morgan fingerprint density at radius 2 is 2.31 bits per heavy atom. The van der Waals surface area contributed by atoms with Crippen molar-refractivity contribution in [1.82, 2.24) is 10.5 Å². The number of nitrogens with zero attached hydrogens (tertiary/aromatic N) is 1. The Morgan fingerprint density at radius 1 is 1.50 bits per heavy atom. The van der Waals surface area contributed by atoms with E-state index in [1.165, 1.54) is 0 Å². The maximum Gasteiger partial charge on any atom is 0.246 e. The molecule has 0 saturated heterocycles. The summed E-state index contributed by atoms with van der Waals surface area (Å²) in [6.45, 7) is -0.321. The summed E-state index contributed by atoms with van der Waals surface area (Å²) in [6.07, 6.45) is 4.20. The molecule has 2 amide bonds. The van der Waals surface area contributed by atoms with Crippen LogP contribution >= 0.6 is 0 Å². The summed E-state index contributed by atoms with van der Waals surface area (Å²) in [4.78, 5) is 30.0. The maximum atomic E-state index is 11.2. The van der Waals surface area contributed by atoms with Gasteiger partial charge in [-0.3, -0.25) is 19.4 Å². The fourth-order valence-corrected chi connectivity index (χ4v) is 1.04. The van der Waals surface area contributed by atoms with Crippen LogP contribution < -0.4 is 11.2 Å². The third-order valence-electron chi connectivity index (χ3n) is 1.76. The molecule has 0 bridgehead atoms. The second kappa shape index (κ2) is 6.52. The molecule has 1 rings (SSSR count). The Morgan fingerprint density at radius 3 is 2.94 bits per heavy atom. The van der Waals surface area contributed by atoms with Crippen LogP contribution in [0.25, 0.3) is 0 Å². The van der Waals surface area contributed by atoms with Gasteiger partial charge in [0.1, 0.15) is 0 Å². The Bertz CT molecular complexity index is 354. The van der Waals surface area contributed by atoms with Crippen molar-refractivity contribution in [3.05, 3.63) is 30.1 Å². The van der Waals surface area contributed by atoms with Crippen LogP contribution in [0, 0.1) is 0 Å². The fourth-order valence-electron chi connectivity index (χ4n) is 1.04. The topological polar surface area (TPSA) is 94.3 Å². The number of aryl methyl sites for hydroxylation is 1. The molecule has 0 aliphatic carbocycles. The van der Waals surface area contributed by atoms with Crippen molar-refractivity contribution < 1.29 is 14.4 Å². The highest BCUT2D eigenvalue weighted by molar-refractivity contribution is 5.77. The molecule has 16 heavy (non-hydrogen) atoms. The molecule has 0 unspecified atom stereocenters. The van der Waals surface area contributed by atoms with Gasteiger partial charge in [0.25, 0.3) is 0 Å². The van der Waals surface area contributed by atoms with Gasteiger partial charge in [0, 0.05) is 18.8 Å². The van der Waals surface area contributed by atoms with Gasteiger partial charge >= 0.3 is 0 Å². The molecule has 6 heteroatoms. The molecule has 0 aromatic carbocycles. The molecule has 1 aromatic heterocycles.